The van der Waals surface area contributed by atoms with Crippen LogP contribution >= 0.6 is 0 Å². The van der Waals surface area contributed by atoms with Crippen LogP contribution in [0, 0.1) is 6.92 Å². The molecule has 20 heavy (non-hydrogen) atoms. The third kappa shape index (κ3) is 3.10. The van der Waals surface area contributed by atoms with Crippen LogP contribution in [-0.4, -0.2) is 40.4 Å². The lowest BCUT2D eigenvalue weighted by molar-refractivity contribution is -0.133. The van der Waals surface area contributed by atoms with Gasteiger partial charge in [-0.25, -0.2) is 9.78 Å². The average molecular weight is 278 g/mol. The summed E-state index contributed by atoms with van der Waals surface area (Å²) in [4.78, 5) is 17.9. The van der Waals surface area contributed by atoms with E-state index in [0.717, 1.165) is 5.69 Å². The maximum atomic E-state index is 11.4. The number of hydrogen-bond donors (Lipinski definition) is 1. The van der Waals surface area contributed by atoms with Crippen LogP contribution in [0.15, 0.2) is 12.1 Å². The minimum atomic E-state index is -0.949. The van der Waals surface area contributed by atoms with E-state index in [1.165, 1.54) is 0 Å². The van der Waals surface area contributed by atoms with E-state index >= 15 is 0 Å². The molecule has 1 fully saturated rings. The number of aryl methyl sites for hydroxylation is 1. The van der Waals surface area contributed by atoms with Crippen molar-refractivity contribution in [2.24, 2.45) is 0 Å². The molecule has 1 aliphatic heterocycles. The number of aromatic nitrogens is 1. The number of carboxylic acid groups (broad SMARTS) is 1. The van der Waals surface area contributed by atoms with Crippen LogP contribution in [0.2, 0.25) is 0 Å². The second kappa shape index (κ2) is 4.74. The molecule has 0 bridgehead atoms. The zero-order chi connectivity index (χ0) is 15.1. The number of hydrogen-bond acceptors (Lipinski definition) is 4. The van der Waals surface area contributed by atoms with Crippen LogP contribution in [0.1, 0.15) is 43.7 Å². The summed E-state index contributed by atoms with van der Waals surface area (Å²) in [7, 11) is 0. The van der Waals surface area contributed by atoms with Gasteiger partial charge in [0.15, 0.2) is 0 Å². The zero-order valence-corrected chi connectivity index (χ0v) is 12.7. The predicted octanol–water partition coefficient (Wildman–Crippen LogP) is 2.48. The minimum Gasteiger partial charge on any atom is -0.478 e. The zero-order valence-electron chi connectivity index (χ0n) is 12.7. The summed E-state index contributed by atoms with van der Waals surface area (Å²) in [5.41, 5.74) is 0.363. The normalized spacial score (nSPS) is 20.8. The van der Waals surface area contributed by atoms with E-state index in [0.29, 0.717) is 18.9 Å². The van der Waals surface area contributed by atoms with Crippen LogP contribution in [-0.2, 0) is 4.74 Å². The number of ether oxygens (including phenoxy) is 1. The third-order valence-electron chi connectivity index (χ3n) is 3.24. The molecule has 0 spiro atoms. The molecular formula is C15H22N2O3. The van der Waals surface area contributed by atoms with Crippen molar-refractivity contribution < 1.29 is 14.6 Å². The SMILES string of the molecule is Cc1ccc(C(=O)O)c(N2CC(C)(C)OC(C)(C)C2)n1. The van der Waals surface area contributed by atoms with Gasteiger partial charge in [-0.3, -0.25) is 0 Å². The predicted molar refractivity (Wildman–Crippen MR) is 77.4 cm³/mol. The molecule has 1 aromatic heterocycles. The Morgan fingerprint density at radius 2 is 1.80 bits per heavy atom. The summed E-state index contributed by atoms with van der Waals surface area (Å²) >= 11 is 0. The topological polar surface area (TPSA) is 62.7 Å². The average Bonchev–Trinajstić information content (AvgIpc) is 2.24. The van der Waals surface area contributed by atoms with E-state index in [1.54, 1.807) is 12.1 Å². The van der Waals surface area contributed by atoms with Crippen LogP contribution in [0.25, 0.3) is 0 Å². The largest absolute Gasteiger partial charge is 0.478 e. The van der Waals surface area contributed by atoms with E-state index in [2.05, 4.69) is 4.98 Å². The molecule has 0 amide bonds. The van der Waals surface area contributed by atoms with Crippen molar-refractivity contribution in [3.05, 3.63) is 23.4 Å². The number of anilines is 1. The monoisotopic (exact) mass is 278 g/mol. The highest BCUT2D eigenvalue weighted by Crippen LogP contribution is 2.32. The van der Waals surface area contributed by atoms with E-state index in [4.69, 9.17) is 4.74 Å². The van der Waals surface area contributed by atoms with Crippen molar-refractivity contribution >= 4 is 11.8 Å². The summed E-state index contributed by atoms with van der Waals surface area (Å²) < 4.78 is 6.03. The molecule has 1 saturated heterocycles. The van der Waals surface area contributed by atoms with Crippen molar-refractivity contribution in [3.8, 4) is 0 Å². The van der Waals surface area contributed by atoms with Crippen molar-refractivity contribution in [2.45, 2.75) is 45.8 Å². The summed E-state index contributed by atoms with van der Waals surface area (Å²) in [6.45, 7) is 11.1. The number of pyridine rings is 1. The van der Waals surface area contributed by atoms with Gasteiger partial charge in [0, 0.05) is 18.8 Å². The fourth-order valence-corrected chi connectivity index (χ4v) is 2.89. The van der Waals surface area contributed by atoms with Crippen LogP contribution in [0.3, 0.4) is 0 Å². The fourth-order valence-electron chi connectivity index (χ4n) is 2.89. The number of rotatable bonds is 2. The highest BCUT2D eigenvalue weighted by molar-refractivity contribution is 5.93. The molecule has 1 aliphatic rings. The Morgan fingerprint density at radius 3 is 2.30 bits per heavy atom. The molecule has 0 aliphatic carbocycles. The molecule has 1 aromatic rings. The number of nitrogens with zero attached hydrogens (tertiary/aromatic N) is 2. The first-order chi connectivity index (χ1) is 9.10. The first-order valence-electron chi connectivity index (χ1n) is 6.76. The van der Waals surface area contributed by atoms with Crippen molar-refractivity contribution in [1.29, 1.82) is 0 Å². The summed E-state index contributed by atoms with van der Waals surface area (Å²) in [6.07, 6.45) is 0. The lowest BCUT2D eigenvalue weighted by Crippen LogP contribution is -2.57. The van der Waals surface area contributed by atoms with Crippen LogP contribution in [0.5, 0.6) is 0 Å². The van der Waals surface area contributed by atoms with Gasteiger partial charge in [-0.05, 0) is 46.8 Å². The molecule has 0 atom stereocenters. The highest BCUT2D eigenvalue weighted by atomic mass is 16.5. The van der Waals surface area contributed by atoms with E-state index in [-0.39, 0.29) is 16.8 Å². The third-order valence-corrected chi connectivity index (χ3v) is 3.24. The summed E-state index contributed by atoms with van der Waals surface area (Å²) in [5.74, 6) is -0.420. The Hall–Kier alpha value is -1.62. The molecule has 0 radical (unpaired) electrons. The fraction of sp³-hybridized carbons (Fsp3) is 0.600. The van der Waals surface area contributed by atoms with Crippen LogP contribution in [0.4, 0.5) is 5.82 Å². The Kier molecular flexibility index (Phi) is 3.50. The molecule has 0 aromatic carbocycles. The molecular weight excluding hydrogens is 256 g/mol. The summed E-state index contributed by atoms with van der Waals surface area (Å²) in [5, 5.41) is 9.35. The summed E-state index contributed by atoms with van der Waals surface area (Å²) in [6, 6.07) is 3.35. The Balaban J connectivity index is 2.45. The maximum absolute atomic E-state index is 11.4. The van der Waals surface area contributed by atoms with E-state index in [9.17, 15) is 9.90 Å². The van der Waals surface area contributed by atoms with Gasteiger partial charge in [0.2, 0.25) is 0 Å². The molecule has 2 heterocycles. The van der Waals surface area contributed by atoms with Crippen molar-refractivity contribution in [1.82, 2.24) is 4.98 Å². The smallest absolute Gasteiger partial charge is 0.339 e. The number of morpholine rings is 1. The molecule has 5 heteroatoms. The second-order valence-corrected chi connectivity index (χ2v) is 6.61. The van der Waals surface area contributed by atoms with Gasteiger partial charge >= 0.3 is 5.97 Å². The molecule has 2 rings (SSSR count). The molecule has 110 valence electrons. The van der Waals surface area contributed by atoms with Crippen molar-refractivity contribution in [2.75, 3.05) is 18.0 Å². The van der Waals surface area contributed by atoms with Gasteiger partial charge < -0.3 is 14.7 Å². The number of carbonyl (C=O) groups is 1. The van der Waals surface area contributed by atoms with Crippen molar-refractivity contribution in [3.63, 3.8) is 0 Å². The minimum absolute atomic E-state index is 0.240. The molecule has 5 nitrogen and oxygen atoms in total. The number of aromatic carboxylic acids is 1. The Morgan fingerprint density at radius 1 is 1.25 bits per heavy atom. The Labute approximate surface area is 119 Å². The lowest BCUT2D eigenvalue weighted by atomic mass is 9.98. The first kappa shape index (κ1) is 14.8. The lowest BCUT2D eigenvalue weighted by Gasteiger charge is -2.47. The standard InChI is InChI=1S/C15H22N2O3/c1-10-6-7-11(13(18)19)12(16-10)17-8-14(2,3)20-15(4,5)9-17/h6-7H,8-9H2,1-5H3,(H,18,19). The van der Waals surface area contributed by atoms with Gasteiger partial charge in [-0.1, -0.05) is 0 Å². The van der Waals surface area contributed by atoms with Gasteiger partial charge in [-0.15, -0.1) is 0 Å². The Bertz CT molecular complexity index is 522. The quantitative estimate of drug-likeness (QED) is 0.900. The molecule has 1 N–H and O–H groups in total. The highest BCUT2D eigenvalue weighted by Gasteiger charge is 2.39. The second-order valence-electron chi connectivity index (χ2n) is 6.61. The molecule has 0 saturated carbocycles. The van der Waals surface area contributed by atoms with E-state index < -0.39 is 5.97 Å². The molecule has 0 unspecified atom stereocenters. The van der Waals surface area contributed by atoms with Crippen LogP contribution < -0.4 is 4.90 Å². The van der Waals surface area contributed by atoms with Gasteiger partial charge in [0.05, 0.1) is 11.2 Å². The van der Waals surface area contributed by atoms with Gasteiger partial charge in [0.25, 0.3) is 0 Å². The maximum Gasteiger partial charge on any atom is 0.339 e. The van der Waals surface area contributed by atoms with E-state index in [1.807, 2.05) is 39.5 Å². The number of carboxylic acids is 1. The first-order valence-corrected chi connectivity index (χ1v) is 6.76. The van der Waals surface area contributed by atoms with Gasteiger partial charge in [0.1, 0.15) is 11.4 Å². The van der Waals surface area contributed by atoms with Gasteiger partial charge in [-0.2, -0.15) is 0 Å².